The largest absolute Gasteiger partial charge is 0.454 e. The standard InChI is InChI=1S/C71H131NO10/c1-4-7-10-13-16-19-22-25-27-29-30-31-32-33-34-35-37-38-40-43-46-49-52-55-58-64(75)70(79)72-62(63(74)57-54-51-48-45-42-24-21-18-15-12-9-6-3)61-80-71-69(68(78)67(77)65(60-73)81-71)82-66(76)59-56-53-50-47-44-41-39-36-28-26-23-20-17-14-11-8-5-2/h17,20,26,28,39,41,54,57,62-65,67-69,71,73-75,77-78H,4-16,18-19,21-25,27,29-38,40,42-53,55-56,58-61H2,1-3H3,(H,72,79)/b20-17-,28-26-,41-39-,57-54+. The molecule has 11 heteroatoms. The molecule has 1 aliphatic heterocycles. The van der Waals surface area contributed by atoms with Gasteiger partial charge in [-0.25, -0.2) is 0 Å². The summed E-state index contributed by atoms with van der Waals surface area (Å²) in [6.45, 7) is 5.79. The number of hydrogen-bond acceptors (Lipinski definition) is 10. The summed E-state index contributed by atoms with van der Waals surface area (Å²) in [6, 6.07) is -1.03. The van der Waals surface area contributed by atoms with Crippen molar-refractivity contribution in [3.63, 3.8) is 0 Å². The van der Waals surface area contributed by atoms with Crippen LogP contribution in [0.2, 0.25) is 0 Å². The predicted molar refractivity (Wildman–Crippen MR) is 343 cm³/mol. The molecule has 6 N–H and O–H groups in total. The van der Waals surface area contributed by atoms with Crippen LogP contribution in [0.4, 0.5) is 0 Å². The lowest BCUT2D eigenvalue weighted by Gasteiger charge is -2.41. The lowest BCUT2D eigenvalue weighted by molar-refractivity contribution is -0.305. The Morgan fingerprint density at radius 1 is 0.476 bits per heavy atom. The number of unbranched alkanes of at least 4 members (excludes halogenated alkanes) is 40. The van der Waals surface area contributed by atoms with Gasteiger partial charge in [0.05, 0.1) is 25.4 Å². The Morgan fingerprint density at radius 3 is 1.28 bits per heavy atom. The molecule has 8 atom stereocenters. The minimum absolute atomic E-state index is 0.0991. The van der Waals surface area contributed by atoms with Crippen LogP contribution in [0, 0.1) is 0 Å². The fourth-order valence-corrected chi connectivity index (χ4v) is 11.0. The Kier molecular flexibility index (Phi) is 55.8. The van der Waals surface area contributed by atoms with Gasteiger partial charge in [0.1, 0.15) is 24.4 Å². The van der Waals surface area contributed by atoms with Crippen molar-refractivity contribution in [3.8, 4) is 0 Å². The van der Waals surface area contributed by atoms with E-state index in [-0.39, 0.29) is 13.0 Å². The summed E-state index contributed by atoms with van der Waals surface area (Å²) in [5.74, 6) is -1.21. The van der Waals surface area contributed by atoms with Crippen molar-refractivity contribution in [2.45, 2.75) is 378 Å². The van der Waals surface area contributed by atoms with E-state index >= 15 is 0 Å². The summed E-state index contributed by atoms with van der Waals surface area (Å²) < 4.78 is 17.6. The Labute approximate surface area is 504 Å². The number of allylic oxidation sites excluding steroid dienone is 7. The first-order valence-corrected chi connectivity index (χ1v) is 34.9. The van der Waals surface area contributed by atoms with E-state index in [0.717, 1.165) is 83.5 Å². The van der Waals surface area contributed by atoms with Crippen LogP contribution in [-0.2, 0) is 23.8 Å². The maximum absolute atomic E-state index is 13.5. The molecule has 0 bridgehead atoms. The minimum Gasteiger partial charge on any atom is -0.454 e. The van der Waals surface area contributed by atoms with E-state index in [4.69, 9.17) is 14.2 Å². The highest BCUT2D eigenvalue weighted by Gasteiger charge is 2.47. The highest BCUT2D eigenvalue weighted by molar-refractivity contribution is 5.80. The molecule has 0 saturated carbocycles. The van der Waals surface area contributed by atoms with Crippen molar-refractivity contribution in [2.75, 3.05) is 13.2 Å². The molecule has 1 amide bonds. The number of aliphatic hydroxyl groups excluding tert-OH is 5. The number of hydrogen-bond donors (Lipinski definition) is 6. The summed E-state index contributed by atoms with van der Waals surface area (Å²) in [5.41, 5.74) is 0. The van der Waals surface area contributed by atoms with Crippen molar-refractivity contribution in [1.29, 1.82) is 0 Å². The van der Waals surface area contributed by atoms with Crippen molar-refractivity contribution in [1.82, 2.24) is 5.32 Å². The molecule has 1 fully saturated rings. The highest BCUT2D eigenvalue weighted by Crippen LogP contribution is 2.26. The zero-order valence-corrected chi connectivity index (χ0v) is 53.4. The topological polar surface area (TPSA) is 175 Å². The normalized spacial score (nSPS) is 18.9. The van der Waals surface area contributed by atoms with Crippen LogP contribution in [0.25, 0.3) is 0 Å². The molecule has 0 aliphatic carbocycles. The number of amides is 1. The van der Waals surface area contributed by atoms with Gasteiger partial charge in [0, 0.05) is 6.42 Å². The van der Waals surface area contributed by atoms with Gasteiger partial charge in [-0.2, -0.15) is 0 Å². The maximum Gasteiger partial charge on any atom is 0.306 e. The first-order valence-electron chi connectivity index (χ1n) is 34.9. The minimum atomic E-state index is -1.62. The molecule has 0 aromatic rings. The molecule has 8 unspecified atom stereocenters. The lowest BCUT2D eigenvalue weighted by Crippen LogP contribution is -2.61. The van der Waals surface area contributed by atoms with E-state index < -0.39 is 67.4 Å². The van der Waals surface area contributed by atoms with Crippen molar-refractivity contribution in [3.05, 3.63) is 48.6 Å². The van der Waals surface area contributed by atoms with Crippen LogP contribution in [0.1, 0.15) is 329 Å². The van der Waals surface area contributed by atoms with Crippen LogP contribution in [0.15, 0.2) is 48.6 Å². The molecule has 0 aromatic carbocycles. The Hall–Kier alpha value is -2.38. The van der Waals surface area contributed by atoms with E-state index in [0.29, 0.717) is 19.3 Å². The van der Waals surface area contributed by atoms with E-state index in [1.165, 1.54) is 199 Å². The summed E-state index contributed by atoms with van der Waals surface area (Å²) >= 11 is 0. The van der Waals surface area contributed by atoms with Gasteiger partial charge in [-0.05, 0) is 64.2 Å². The summed E-state index contributed by atoms with van der Waals surface area (Å²) in [4.78, 5) is 26.6. The Bertz CT molecular complexity index is 1520. The lowest BCUT2D eigenvalue weighted by atomic mass is 9.99. The smallest absolute Gasteiger partial charge is 0.306 e. The molecule has 1 aliphatic rings. The van der Waals surface area contributed by atoms with Crippen molar-refractivity contribution in [2.24, 2.45) is 0 Å². The summed E-state index contributed by atoms with van der Waals surface area (Å²) in [6.07, 6.45) is 63.0. The number of esters is 1. The van der Waals surface area contributed by atoms with Crippen molar-refractivity contribution >= 4 is 11.9 Å². The average Bonchev–Trinajstić information content (AvgIpc) is 3.60. The third-order valence-electron chi connectivity index (χ3n) is 16.5. The molecule has 1 heterocycles. The van der Waals surface area contributed by atoms with Crippen LogP contribution >= 0.6 is 0 Å². The third kappa shape index (κ3) is 45.9. The van der Waals surface area contributed by atoms with Gasteiger partial charge in [-0.15, -0.1) is 0 Å². The number of carbonyl (C=O) groups excluding carboxylic acids is 2. The third-order valence-corrected chi connectivity index (χ3v) is 16.5. The number of rotatable bonds is 60. The second kappa shape index (κ2) is 59.0. The van der Waals surface area contributed by atoms with Gasteiger partial charge in [0.15, 0.2) is 12.4 Å². The highest BCUT2D eigenvalue weighted by atomic mass is 16.7. The van der Waals surface area contributed by atoms with E-state index in [9.17, 15) is 35.1 Å². The first-order chi connectivity index (χ1) is 40.2. The van der Waals surface area contributed by atoms with Gasteiger partial charge in [-0.3, -0.25) is 9.59 Å². The number of aliphatic hydroxyl groups is 5. The summed E-state index contributed by atoms with van der Waals surface area (Å²) in [7, 11) is 0. The fourth-order valence-electron chi connectivity index (χ4n) is 11.0. The quantitative estimate of drug-likeness (QED) is 0.0195. The second-order valence-electron chi connectivity index (χ2n) is 24.3. The predicted octanol–water partition coefficient (Wildman–Crippen LogP) is 17.6. The number of ether oxygens (including phenoxy) is 3. The zero-order chi connectivity index (χ0) is 59.6. The van der Waals surface area contributed by atoms with E-state index in [1.807, 2.05) is 6.08 Å². The summed E-state index contributed by atoms with van der Waals surface area (Å²) in [5, 5.41) is 57.2. The molecule has 0 spiro atoms. The number of carbonyl (C=O) groups is 2. The first kappa shape index (κ1) is 77.6. The Balaban J connectivity index is 2.58. The van der Waals surface area contributed by atoms with Crippen LogP contribution < -0.4 is 5.32 Å². The van der Waals surface area contributed by atoms with Gasteiger partial charge in [0.2, 0.25) is 5.91 Å². The maximum atomic E-state index is 13.5. The average molecular weight is 1160 g/mol. The van der Waals surface area contributed by atoms with E-state index in [2.05, 4.69) is 62.5 Å². The molecular weight excluding hydrogens is 1030 g/mol. The molecule has 1 saturated heterocycles. The van der Waals surface area contributed by atoms with Gasteiger partial charge < -0.3 is 45.1 Å². The zero-order valence-electron chi connectivity index (χ0n) is 53.4. The Morgan fingerprint density at radius 2 is 0.841 bits per heavy atom. The van der Waals surface area contributed by atoms with Gasteiger partial charge >= 0.3 is 5.97 Å². The molecule has 11 nitrogen and oxygen atoms in total. The van der Waals surface area contributed by atoms with Crippen LogP contribution in [0.5, 0.6) is 0 Å². The monoisotopic (exact) mass is 1160 g/mol. The SMILES string of the molecule is CCCCC/C=C\C/C=C\C/C=C\CCCCCCC(=O)OC1C(OCC(NC(=O)C(O)CCCCCCCCCCCCCCCCCCCCCCCCCC)C(O)/C=C/CCCCCCCCCCCC)OC(CO)C(O)C1O. The van der Waals surface area contributed by atoms with E-state index in [1.54, 1.807) is 6.08 Å². The molecule has 1 rings (SSSR count). The number of nitrogens with one attached hydrogen (secondary N) is 1. The molecule has 0 aromatic heterocycles. The molecule has 82 heavy (non-hydrogen) atoms. The molecular formula is C71H131NO10. The van der Waals surface area contributed by atoms with Crippen LogP contribution in [-0.4, -0.2) is 99.6 Å². The van der Waals surface area contributed by atoms with Crippen molar-refractivity contribution < 1.29 is 49.3 Å². The second-order valence-corrected chi connectivity index (χ2v) is 24.3. The van der Waals surface area contributed by atoms with Gasteiger partial charge in [-0.1, -0.05) is 307 Å². The van der Waals surface area contributed by atoms with Gasteiger partial charge in [0.25, 0.3) is 0 Å². The fraction of sp³-hybridized carbons (Fsp3) is 0.859. The molecule has 0 radical (unpaired) electrons. The van der Waals surface area contributed by atoms with Crippen LogP contribution in [0.3, 0.4) is 0 Å². The molecule has 480 valence electrons.